The molecule has 0 saturated carbocycles. The quantitative estimate of drug-likeness (QED) is 0.0167. The van der Waals surface area contributed by atoms with E-state index in [1.54, 1.807) is 13.1 Å². The minimum Gasteiger partial charge on any atom is -0.480 e. The maximum absolute atomic E-state index is 14.5. The van der Waals surface area contributed by atoms with Gasteiger partial charge in [0.1, 0.15) is 48.8 Å². The number of aromatic nitrogens is 1. The number of nitrogens with one attached hydrogen (secondary N) is 9. The summed E-state index contributed by atoms with van der Waals surface area (Å²) in [7, 11) is 0. The zero-order valence-electron chi connectivity index (χ0n) is 48.5. The Morgan fingerprint density at radius 2 is 0.929 bits per heavy atom. The van der Waals surface area contributed by atoms with Gasteiger partial charge in [-0.05, 0) is 114 Å². The second-order valence-electron chi connectivity index (χ2n) is 20.5. The predicted molar refractivity (Wildman–Crippen MR) is 316 cm³/mol. The number of hydrogen-bond donors (Lipinski definition) is 19. The molecule has 0 fully saturated rings. The third-order valence-electron chi connectivity index (χ3n) is 13.6. The van der Waals surface area contributed by atoms with Crippen LogP contribution in [0.5, 0.6) is 0 Å². The number of rotatable bonds is 43. The molecular weight excluding hydrogens is 1110 g/mol. The second-order valence-corrected chi connectivity index (χ2v) is 20.5. The molecule has 0 radical (unpaired) electrons. The van der Waals surface area contributed by atoms with Gasteiger partial charge < -0.3 is 104 Å². The van der Waals surface area contributed by atoms with Crippen LogP contribution in [-0.2, 0) is 59.2 Å². The second kappa shape index (κ2) is 39.0. The standard InChI is InChI=1S/C53H90N20O12/c1-3-29(2)43(73-44(78)32(56)26-30-27-65-33-13-5-4-12-31(30)33)51(85)72-35(15-7-9-23-55)47(81)69-36(16-10-24-63-52(59)60)48(82)67-34(14-6-8-22-54)46(80)68-37(17-11-25-64-53(61)62)49(83)71-39(19-21-41(58)75)50(84)70-38(18-20-40(57)74)45(79)66-28-42(76)77/h4-5,12-13,27,29,32,34-39,43,65H,3,6-11,14-26,28,54-56H2,1-2H3,(H2,57,74)(H2,58,75)(H,66,79)(H,67,82)(H,68,80)(H,69,81)(H,70,84)(H,71,83)(H,72,85)(H,73,78)(H,76,77)(H4,59,60,63)(H4,61,62,64). The molecule has 474 valence electrons. The number of carbonyl (C=O) groups is 11. The van der Waals surface area contributed by atoms with Gasteiger partial charge >= 0.3 is 5.97 Å². The summed E-state index contributed by atoms with van der Waals surface area (Å²) in [5.41, 5.74) is 52.5. The molecule has 32 nitrogen and oxygen atoms in total. The first-order chi connectivity index (χ1) is 40.3. The van der Waals surface area contributed by atoms with Gasteiger partial charge in [0, 0.05) is 43.0 Å². The Morgan fingerprint density at radius 3 is 1.33 bits per heavy atom. The number of benzene rings is 1. The summed E-state index contributed by atoms with van der Waals surface area (Å²) in [4.78, 5) is 158. The van der Waals surface area contributed by atoms with Crippen molar-refractivity contribution < 1.29 is 57.8 Å². The van der Waals surface area contributed by atoms with E-state index in [0.717, 1.165) is 16.5 Å². The van der Waals surface area contributed by atoms with E-state index in [2.05, 4.69) is 57.5 Å². The number of amides is 10. The highest BCUT2D eigenvalue weighted by Gasteiger charge is 2.36. The SMILES string of the molecule is CCC(C)C(NC(=O)C(N)Cc1c[nH]c2ccccc12)C(=O)NC(CCCCN)C(=O)NC(CCCN=C(N)N)C(=O)NC(CCCCN)C(=O)NC(CCCN=C(N)N)C(=O)NC(CCC(N)=O)C(=O)NC(CCC(N)=O)C(=O)NCC(=O)O. The Hall–Kier alpha value is -8.65. The van der Waals surface area contributed by atoms with Crippen LogP contribution in [0.4, 0.5) is 0 Å². The molecule has 0 spiro atoms. The zero-order valence-corrected chi connectivity index (χ0v) is 48.5. The Kier molecular flexibility index (Phi) is 33.2. The molecule has 32 heteroatoms. The maximum atomic E-state index is 14.5. The van der Waals surface area contributed by atoms with Crippen LogP contribution in [0.25, 0.3) is 10.9 Å². The fraction of sp³-hybridized carbons (Fsp3) is 0.604. The van der Waals surface area contributed by atoms with Crippen molar-refractivity contribution in [2.24, 2.45) is 67.5 Å². The van der Waals surface area contributed by atoms with Crippen LogP contribution in [0.15, 0.2) is 40.4 Å². The summed E-state index contributed by atoms with van der Waals surface area (Å²) in [6, 6.07) is -3.48. The summed E-state index contributed by atoms with van der Waals surface area (Å²) in [6.07, 6.45) is 1.95. The molecule has 1 aromatic carbocycles. The highest BCUT2D eigenvalue weighted by Crippen LogP contribution is 2.20. The van der Waals surface area contributed by atoms with Gasteiger partial charge in [0.15, 0.2) is 11.9 Å². The molecule has 28 N–H and O–H groups in total. The molecular formula is C53H90N20O12. The van der Waals surface area contributed by atoms with Gasteiger partial charge in [0.25, 0.3) is 0 Å². The minimum absolute atomic E-state index is 0.0127. The normalized spacial score (nSPS) is 14.2. The average Bonchev–Trinajstić information content (AvgIpc) is 4.06. The van der Waals surface area contributed by atoms with Crippen molar-refractivity contribution in [1.29, 1.82) is 0 Å². The van der Waals surface area contributed by atoms with Gasteiger partial charge in [0.05, 0.1) is 6.04 Å². The van der Waals surface area contributed by atoms with Crippen LogP contribution in [0.3, 0.4) is 0 Å². The van der Waals surface area contributed by atoms with Gasteiger partial charge in [0.2, 0.25) is 59.1 Å². The molecule has 2 rings (SSSR count). The number of para-hydroxylation sites is 1. The number of nitrogens with zero attached hydrogens (tertiary/aromatic N) is 2. The van der Waals surface area contributed by atoms with E-state index in [1.165, 1.54) is 0 Å². The summed E-state index contributed by atoms with van der Waals surface area (Å²) < 4.78 is 0. The van der Waals surface area contributed by atoms with E-state index in [-0.39, 0.29) is 95.9 Å². The van der Waals surface area contributed by atoms with E-state index in [0.29, 0.717) is 25.7 Å². The first-order valence-corrected chi connectivity index (χ1v) is 28.3. The molecule has 0 aliphatic heterocycles. The van der Waals surface area contributed by atoms with Crippen molar-refractivity contribution >= 4 is 87.9 Å². The molecule has 9 atom stereocenters. The fourth-order valence-electron chi connectivity index (χ4n) is 8.68. The van der Waals surface area contributed by atoms with Gasteiger partial charge in [-0.2, -0.15) is 0 Å². The molecule has 1 aromatic heterocycles. The summed E-state index contributed by atoms with van der Waals surface area (Å²) in [6.45, 7) is 3.15. The third-order valence-corrected chi connectivity index (χ3v) is 13.6. The van der Waals surface area contributed by atoms with Crippen molar-refractivity contribution in [2.45, 2.75) is 165 Å². The number of aromatic amines is 1. The highest BCUT2D eigenvalue weighted by molar-refractivity contribution is 5.98. The Morgan fingerprint density at radius 1 is 0.529 bits per heavy atom. The molecule has 10 amide bonds. The number of hydrogen-bond acceptors (Lipinski definition) is 16. The number of carbonyl (C=O) groups excluding carboxylic acids is 10. The molecule has 0 aliphatic carbocycles. The molecule has 0 aliphatic rings. The average molecular weight is 1200 g/mol. The van der Waals surface area contributed by atoms with Crippen LogP contribution >= 0.6 is 0 Å². The van der Waals surface area contributed by atoms with Crippen molar-refractivity contribution in [3.05, 3.63) is 36.0 Å². The number of carboxylic acids is 1. The van der Waals surface area contributed by atoms with E-state index >= 15 is 0 Å². The lowest BCUT2D eigenvalue weighted by Gasteiger charge is -2.29. The van der Waals surface area contributed by atoms with Gasteiger partial charge in [-0.25, -0.2) is 0 Å². The molecule has 2 aromatic rings. The van der Waals surface area contributed by atoms with E-state index < -0.39 is 145 Å². The third kappa shape index (κ3) is 28.0. The molecule has 9 unspecified atom stereocenters. The lowest BCUT2D eigenvalue weighted by Crippen LogP contribution is -2.60. The lowest BCUT2D eigenvalue weighted by molar-refractivity contribution is -0.139. The smallest absolute Gasteiger partial charge is 0.322 e. The Bertz CT molecular complexity index is 2610. The number of primary amides is 2. The Labute approximate surface area is 493 Å². The van der Waals surface area contributed by atoms with Crippen molar-refractivity contribution in [3.63, 3.8) is 0 Å². The van der Waals surface area contributed by atoms with Gasteiger partial charge in [-0.1, -0.05) is 38.5 Å². The molecule has 0 bridgehead atoms. The van der Waals surface area contributed by atoms with Crippen molar-refractivity contribution in [2.75, 3.05) is 32.7 Å². The van der Waals surface area contributed by atoms with Gasteiger partial charge in [-0.15, -0.1) is 0 Å². The predicted octanol–water partition coefficient (Wildman–Crippen LogP) is -5.43. The maximum Gasteiger partial charge on any atom is 0.322 e. The van der Waals surface area contributed by atoms with Crippen LogP contribution in [0.2, 0.25) is 0 Å². The molecule has 0 saturated heterocycles. The first kappa shape index (κ1) is 72.5. The highest BCUT2D eigenvalue weighted by atomic mass is 16.4. The van der Waals surface area contributed by atoms with Crippen LogP contribution in [0, 0.1) is 5.92 Å². The van der Waals surface area contributed by atoms with Gasteiger partial charge in [-0.3, -0.25) is 62.7 Å². The van der Waals surface area contributed by atoms with E-state index in [9.17, 15) is 52.7 Å². The van der Waals surface area contributed by atoms with E-state index in [4.69, 9.17) is 56.7 Å². The fourth-order valence-corrected chi connectivity index (χ4v) is 8.68. The number of H-pyrrole nitrogens is 1. The monoisotopic (exact) mass is 1200 g/mol. The summed E-state index contributed by atoms with van der Waals surface area (Å²) >= 11 is 0. The van der Waals surface area contributed by atoms with Crippen molar-refractivity contribution in [1.82, 2.24) is 47.5 Å². The number of carboxylic acid groups (broad SMARTS) is 1. The zero-order chi connectivity index (χ0) is 63.6. The number of nitrogens with two attached hydrogens (primary N) is 9. The first-order valence-electron chi connectivity index (χ1n) is 28.3. The number of aliphatic carboxylic acids is 1. The Balaban J connectivity index is 2.53. The van der Waals surface area contributed by atoms with Crippen molar-refractivity contribution in [3.8, 4) is 0 Å². The topological polar surface area (TPSA) is 579 Å². The lowest BCUT2D eigenvalue weighted by atomic mass is 9.96. The summed E-state index contributed by atoms with van der Waals surface area (Å²) in [5.74, 6) is -11.1. The summed E-state index contributed by atoms with van der Waals surface area (Å²) in [5, 5.41) is 30.4. The van der Waals surface area contributed by atoms with E-state index in [1.807, 2.05) is 31.2 Å². The largest absolute Gasteiger partial charge is 0.480 e. The van der Waals surface area contributed by atoms with Crippen LogP contribution in [0.1, 0.15) is 116 Å². The molecule has 85 heavy (non-hydrogen) atoms. The number of fused-ring (bicyclic) bond motifs is 1. The van der Waals surface area contributed by atoms with Crippen LogP contribution in [-0.4, -0.2) is 168 Å². The molecule has 1 heterocycles. The number of guanidine groups is 2. The van der Waals surface area contributed by atoms with Crippen LogP contribution < -0.4 is 94.1 Å². The minimum atomic E-state index is -1.63. The number of unbranched alkanes of at least 4 members (excludes halogenated alkanes) is 2. The number of aliphatic imine (C=N–C) groups is 2.